The molecule has 1 aromatic carbocycles. The monoisotopic (exact) mass is 421 g/mol. The van der Waals surface area contributed by atoms with E-state index in [1.807, 2.05) is 0 Å². The molecule has 9 nitrogen and oxygen atoms in total. The summed E-state index contributed by atoms with van der Waals surface area (Å²) in [6.45, 7) is 3.50. The molecule has 1 fully saturated rings. The normalized spacial score (nSPS) is 19.1. The fourth-order valence-electron chi connectivity index (χ4n) is 3.57. The van der Waals surface area contributed by atoms with Gasteiger partial charge in [-0.25, -0.2) is 17.9 Å². The van der Waals surface area contributed by atoms with E-state index in [1.54, 1.807) is 31.2 Å². The number of carbonyl (C=O) groups is 2. The van der Waals surface area contributed by atoms with Crippen LogP contribution in [0.2, 0.25) is 0 Å². The summed E-state index contributed by atoms with van der Waals surface area (Å²) in [6, 6.07) is 6.11. The van der Waals surface area contributed by atoms with Gasteiger partial charge in [0.1, 0.15) is 0 Å². The Balaban J connectivity index is 1.82. The molecule has 1 saturated heterocycles. The zero-order chi connectivity index (χ0) is 21.3. The van der Waals surface area contributed by atoms with E-state index in [-0.39, 0.29) is 22.8 Å². The van der Waals surface area contributed by atoms with Crippen molar-refractivity contribution >= 4 is 32.5 Å². The largest absolute Gasteiger partial charge is 0.448 e. The lowest BCUT2D eigenvalue weighted by Crippen LogP contribution is -2.46. The number of rotatable bonds is 5. The van der Waals surface area contributed by atoms with E-state index in [9.17, 15) is 22.8 Å². The molecule has 1 aliphatic rings. The molecule has 29 heavy (non-hydrogen) atoms. The number of sulfone groups is 1. The molecule has 0 radical (unpaired) electrons. The minimum absolute atomic E-state index is 0.0452. The number of benzene rings is 1. The summed E-state index contributed by atoms with van der Waals surface area (Å²) >= 11 is 0. The average Bonchev–Trinajstić information content (AvgIpc) is 3.04. The van der Waals surface area contributed by atoms with Crippen LogP contribution in [0.5, 0.6) is 0 Å². The molecular weight excluding hydrogens is 398 g/mol. The number of nitrogens with zero attached hydrogens (tertiary/aromatic N) is 3. The zero-order valence-corrected chi connectivity index (χ0v) is 17.3. The third kappa shape index (κ3) is 4.16. The summed E-state index contributed by atoms with van der Waals surface area (Å²) in [5.74, 6) is -1.33. The van der Waals surface area contributed by atoms with Crippen LogP contribution in [0.15, 0.2) is 29.1 Å². The van der Waals surface area contributed by atoms with Crippen LogP contribution in [0.3, 0.4) is 0 Å². The maximum absolute atomic E-state index is 12.8. The van der Waals surface area contributed by atoms with E-state index in [4.69, 9.17) is 4.74 Å². The Kier molecular flexibility index (Phi) is 5.74. The Hall–Kier alpha value is -2.75. The highest BCUT2D eigenvalue weighted by molar-refractivity contribution is 7.91. The summed E-state index contributed by atoms with van der Waals surface area (Å²) in [6.07, 6.45) is -0.751. The topological polar surface area (TPSA) is 116 Å². The van der Waals surface area contributed by atoms with Crippen LogP contribution in [0.25, 0.3) is 10.8 Å². The minimum atomic E-state index is -3.15. The highest BCUT2D eigenvalue weighted by atomic mass is 32.2. The van der Waals surface area contributed by atoms with Crippen molar-refractivity contribution in [2.24, 2.45) is 7.05 Å². The zero-order valence-electron chi connectivity index (χ0n) is 16.5. The Morgan fingerprint density at radius 2 is 1.97 bits per heavy atom. The van der Waals surface area contributed by atoms with Gasteiger partial charge in [-0.2, -0.15) is 5.10 Å². The van der Waals surface area contributed by atoms with Gasteiger partial charge in [0.2, 0.25) is 0 Å². The van der Waals surface area contributed by atoms with E-state index < -0.39 is 33.9 Å². The third-order valence-corrected chi connectivity index (χ3v) is 6.80. The van der Waals surface area contributed by atoms with Crippen molar-refractivity contribution in [3.8, 4) is 0 Å². The quantitative estimate of drug-likeness (QED) is 0.646. The van der Waals surface area contributed by atoms with Gasteiger partial charge in [-0.05, 0) is 26.3 Å². The number of aryl methyl sites for hydroxylation is 1. The molecule has 0 spiro atoms. The molecule has 1 amide bonds. The van der Waals surface area contributed by atoms with Crippen molar-refractivity contribution in [1.29, 1.82) is 0 Å². The predicted molar refractivity (Wildman–Crippen MR) is 106 cm³/mol. The van der Waals surface area contributed by atoms with Gasteiger partial charge in [0.05, 0.1) is 16.9 Å². The first-order valence-electron chi connectivity index (χ1n) is 9.32. The van der Waals surface area contributed by atoms with Crippen LogP contribution in [0.4, 0.5) is 0 Å². The molecule has 2 aromatic rings. The molecule has 0 unspecified atom stereocenters. The van der Waals surface area contributed by atoms with Gasteiger partial charge in [-0.3, -0.25) is 9.59 Å². The summed E-state index contributed by atoms with van der Waals surface area (Å²) < 4.78 is 29.9. The molecule has 0 aliphatic carbocycles. The van der Waals surface area contributed by atoms with Crippen LogP contribution >= 0.6 is 0 Å². The first kappa shape index (κ1) is 21.0. The lowest BCUT2D eigenvalue weighted by molar-refractivity contribution is -0.141. The van der Waals surface area contributed by atoms with Crippen molar-refractivity contribution in [2.75, 3.05) is 18.1 Å². The molecule has 2 atom stereocenters. The standard InChI is InChI=1S/C19H23N3O6S/c1-4-22(13-9-10-29(26,27)11-13)17(23)12(2)28-19(25)16-14-7-5-6-8-15(14)18(24)21(3)20-16/h5-8,12-13H,4,9-11H2,1-3H3/t12-,13-/m1/s1. The second kappa shape index (κ2) is 7.94. The number of hydrogen-bond acceptors (Lipinski definition) is 7. The highest BCUT2D eigenvalue weighted by Crippen LogP contribution is 2.20. The van der Waals surface area contributed by atoms with Crippen molar-refractivity contribution in [2.45, 2.75) is 32.4 Å². The molecule has 2 heterocycles. The van der Waals surface area contributed by atoms with E-state index >= 15 is 0 Å². The second-order valence-electron chi connectivity index (χ2n) is 7.05. The first-order chi connectivity index (χ1) is 13.6. The van der Waals surface area contributed by atoms with Gasteiger partial charge in [-0.15, -0.1) is 0 Å². The fourth-order valence-corrected chi connectivity index (χ4v) is 5.30. The number of amides is 1. The Morgan fingerprint density at radius 3 is 2.55 bits per heavy atom. The smallest absolute Gasteiger partial charge is 0.360 e. The van der Waals surface area contributed by atoms with Crippen molar-refractivity contribution in [3.05, 3.63) is 40.3 Å². The number of fused-ring (bicyclic) bond motifs is 1. The van der Waals surface area contributed by atoms with Crippen molar-refractivity contribution in [3.63, 3.8) is 0 Å². The molecule has 1 aromatic heterocycles. The molecule has 0 bridgehead atoms. The molecule has 156 valence electrons. The summed E-state index contributed by atoms with van der Waals surface area (Å²) in [5.41, 5.74) is -0.408. The summed E-state index contributed by atoms with van der Waals surface area (Å²) in [4.78, 5) is 39.1. The lowest BCUT2D eigenvalue weighted by atomic mass is 10.1. The van der Waals surface area contributed by atoms with E-state index in [0.29, 0.717) is 23.7 Å². The number of esters is 1. The third-order valence-electron chi connectivity index (χ3n) is 5.05. The molecule has 10 heteroatoms. The molecule has 3 rings (SSSR count). The van der Waals surface area contributed by atoms with E-state index in [0.717, 1.165) is 4.68 Å². The number of likely N-dealkylation sites (N-methyl/N-ethyl adjacent to an activating group) is 1. The van der Waals surface area contributed by atoms with E-state index in [2.05, 4.69) is 5.10 Å². The van der Waals surface area contributed by atoms with E-state index in [1.165, 1.54) is 18.9 Å². The van der Waals surface area contributed by atoms with Crippen LogP contribution < -0.4 is 5.56 Å². The van der Waals surface area contributed by atoms with Crippen LogP contribution in [0, 0.1) is 0 Å². The van der Waals surface area contributed by atoms with Gasteiger partial charge >= 0.3 is 5.97 Å². The Labute approximate surface area is 168 Å². The van der Waals surface area contributed by atoms with Gasteiger partial charge in [0.25, 0.3) is 11.5 Å². The second-order valence-corrected chi connectivity index (χ2v) is 9.28. The molecule has 0 saturated carbocycles. The maximum atomic E-state index is 12.8. The lowest BCUT2D eigenvalue weighted by Gasteiger charge is -2.29. The van der Waals surface area contributed by atoms with Crippen LogP contribution in [-0.2, 0) is 26.4 Å². The predicted octanol–water partition coefficient (Wildman–Crippen LogP) is 0.514. The Morgan fingerprint density at radius 1 is 1.31 bits per heavy atom. The SMILES string of the molecule is CCN(C(=O)[C@@H](C)OC(=O)c1nn(C)c(=O)c2ccccc12)[C@@H]1CCS(=O)(=O)C1. The summed E-state index contributed by atoms with van der Waals surface area (Å²) in [5, 5.41) is 4.66. The molecule has 1 aliphatic heterocycles. The number of carbonyl (C=O) groups excluding carboxylic acids is 2. The van der Waals surface area contributed by atoms with Gasteiger partial charge in [0, 0.05) is 25.0 Å². The fraction of sp³-hybridized carbons (Fsp3) is 0.474. The number of aromatic nitrogens is 2. The molecular formula is C19H23N3O6S. The van der Waals surface area contributed by atoms with Gasteiger partial charge in [0.15, 0.2) is 21.6 Å². The van der Waals surface area contributed by atoms with Gasteiger partial charge in [-0.1, -0.05) is 18.2 Å². The van der Waals surface area contributed by atoms with Gasteiger partial charge < -0.3 is 9.64 Å². The average molecular weight is 421 g/mol. The van der Waals surface area contributed by atoms with Crippen molar-refractivity contribution < 1.29 is 22.7 Å². The molecule has 0 N–H and O–H groups in total. The van der Waals surface area contributed by atoms with Crippen molar-refractivity contribution in [1.82, 2.24) is 14.7 Å². The summed E-state index contributed by atoms with van der Waals surface area (Å²) in [7, 11) is -1.72. The minimum Gasteiger partial charge on any atom is -0.448 e. The number of hydrogen-bond donors (Lipinski definition) is 0. The Bertz CT molecular complexity index is 1120. The highest BCUT2D eigenvalue weighted by Gasteiger charge is 2.36. The maximum Gasteiger partial charge on any atom is 0.360 e. The first-order valence-corrected chi connectivity index (χ1v) is 11.1. The van der Waals surface area contributed by atoms with Crippen LogP contribution in [-0.4, -0.2) is 65.2 Å². The van der Waals surface area contributed by atoms with Crippen LogP contribution in [0.1, 0.15) is 30.8 Å². The number of ether oxygens (including phenoxy) is 1.